The lowest BCUT2D eigenvalue weighted by Crippen LogP contribution is -2.08. The molecule has 166 valence electrons. The van der Waals surface area contributed by atoms with Crippen LogP contribution in [0.3, 0.4) is 0 Å². The Hall–Kier alpha value is -3.09. The third-order valence-electron chi connectivity index (χ3n) is 5.66. The van der Waals surface area contributed by atoms with Gasteiger partial charge in [-0.2, -0.15) is 0 Å². The SMILES string of the molecule is Cc1ccc(-n2c(C)nnc2SC(C)c2nc3cc(Cl)ccc3n2Cc2ccccc2)cc1. The van der Waals surface area contributed by atoms with E-state index in [1.165, 1.54) is 11.1 Å². The predicted molar refractivity (Wildman–Crippen MR) is 135 cm³/mol. The molecular formula is C26H24ClN5S. The molecule has 1 atom stereocenters. The van der Waals surface area contributed by atoms with Gasteiger partial charge in [-0.05, 0) is 56.7 Å². The van der Waals surface area contributed by atoms with E-state index in [1.807, 2.05) is 31.2 Å². The summed E-state index contributed by atoms with van der Waals surface area (Å²) in [5.74, 6) is 1.84. The summed E-state index contributed by atoms with van der Waals surface area (Å²) < 4.78 is 4.37. The molecule has 0 saturated heterocycles. The van der Waals surface area contributed by atoms with Gasteiger partial charge in [0.05, 0.1) is 16.3 Å². The first-order valence-electron chi connectivity index (χ1n) is 10.8. The van der Waals surface area contributed by atoms with E-state index >= 15 is 0 Å². The molecule has 0 radical (unpaired) electrons. The molecule has 7 heteroatoms. The van der Waals surface area contributed by atoms with Crippen LogP contribution < -0.4 is 0 Å². The number of nitrogens with zero attached hydrogens (tertiary/aromatic N) is 5. The Kier molecular flexibility index (Phi) is 5.96. The molecule has 0 spiro atoms. The van der Waals surface area contributed by atoms with Crippen molar-refractivity contribution in [2.24, 2.45) is 0 Å². The number of hydrogen-bond donors (Lipinski definition) is 0. The number of rotatable bonds is 6. The van der Waals surface area contributed by atoms with Crippen molar-refractivity contribution in [2.75, 3.05) is 0 Å². The molecule has 5 aromatic rings. The highest BCUT2D eigenvalue weighted by atomic mass is 35.5. The maximum atomic E-state index is 6.28. The molecule has 2 aromatic heterocycles. The smallest absolute Gasteiger partial charge is 0.196 e. The first-order chi connectivity index (χ1) is 16.0. The van der Waals surface area contributed by atoms with Crippen LogP contribution in [0.1, 0.15) is 34.9 Å². The number of hydrogen-bond acceptors (Lipinski definition) is 4. The van der Waals surface area contributed by atoms with Crippen LogP contribution in [0.25, 0.3) is 16.7 Å². The van der Waals surface area contributed by atoms with Gasteiger partial charge >= 0.3 is 0 Å². The number of aryl methyl sites for hydroxylation is 2. The molecule has 0 fully saturated rings. The lowest BCUT2D eigenvalue weighted by molar-refractivity contribution is 0.742. The molecule has 5 rings (SSSR count). The fourth-order valence-electron chi connectivity index (χ4n) is 3.99. The Morgan fingerprint density at radius 1 is 0.939 bits per heavy atom. The highest BCUT2D eigenvalue weighted by Gasteiger charge is 2.22. The van der Waals surface area contributed by atoms with Gasteiger partial charge in [0, 0.05) is 17.3 Å². The van der Waals surface area contributed by atoms with Gasteiger partial charge < -0.3 is 4.57 Å². The fourth-order valence-corrected chi connectivity index (χ4v) is 5.18. The molecular weight excluding hydrogens is 450 g/mol. The molecule has 1 unspecified atom stereocenters. The van der Waals surface area contributed by atoms with Crippen molar-refractivity contribution < 1.29 is 0 Å². The summed E-state index contributed by atoms with van der Waals surface area (Å²) in [6.45, 7) is 6.97. The van der Waals surface area contributed by atoms with Crippen LogP contribution >= 0.6 is 23.4 Å². The van der Waals surface area contributed by atoms with Crippen LogP contribution in [0.5, 0.6) is 0 Å². The van der Waals surface area contributed by atoms with Crippen LogP contribution in [0, 0.1) is 13.8 Å². The van der Waals surface area contributed by atoms with Crippen molar-refractivity contribution >= 4 is 34.4 Å². The summed E-state index contributed by atoms with van der Waals surface area (Å²) in [5, 5.41) is 10.4. The molecule has 2 heterocycles. The maximum absolute atomic E-state index is 6.28. The monoisotopic (exact) mass is 473 g/mol. The Bertz CT molecular complexity index is 1410. The molecule has 0 aliphatic carbocycles. The minimum atomic E-state index is 0.0488. The van der Waals surface area contributed by atoms with E-state index in [-0.39, 0.29) is 5.25 Å². The average Bonchev–Trinajstić information content (AvgIpc) is 3.35. The lowest BCUT2D eigenvalue weighted by atomic mass is 10.2. The minimum absolute atomic E-state index is 0.0488. The second-order valence-corrected chi connectivity index (χ2v) is 9.88. The predicted octanol–water partition coefficient (Wildman–Crippen LogP) is 6.79. The maximum Gasteiger partial charge on any atom is 0.196 e. The molecule has 0 bridgehead atoms. The third kappa shape index (κ3) is 4.41. The molecule has 3 aromatic carbocycles. The van der Waals surface area contributed by atoms with E-state index in [1.54, 1.807) is 11.8 Å². The summed E-state index contributed by atoms with van der Waals surface area (Å²) in [7, 11) is 0. The van der Waals surface area contributed by atoms with Gasteiger partial charge in [-0.15, -0.1) is 10.2 Å². The van der Waals surface area contributed by atoms with Gasteiger partial charge in [-0.3, -0.25) is 4.57 Å². The van der Waals surface area contributed by atoms with Crippen LogP contribution in [0.15, 0.2) is 78.0 Å². The number of imidazole rings is 1. The first-order valence-corrected chi connectivity index (χ1v) is 12.1. The number of benzene rings is 3. The molecule has 33 heavy (non-hydrogen) atoms. The van der Waals surface area contributed by atoms with E-state index < -0.39 is 0 Å². The highest BCUT2D eigenvalue weighted by molar-refractivity contribution is 7.99. The molecule has 0 N–H and O–H groups in total. The van der Waals surface area contributed by atoms with E-state index in [4.69, 9.17) is 16.6 Å². The number of aromatic nitrogens is 5. The van der Waals surface area contributed by atoms with E-state index in [0.29, 0.717) is 5.02 Å². The minimum Gasteiger partial charge on any atom is -0.323 e. The standard InChI is InChI=1S/C26H24ClN5S/c1-17-9-12-22(13-10-17)32-19(3)29-30-26(32)33-18(2)25-28-23-15-21(27)11-14-24(23)31(25)16-20-7-5-4-6-8-20/h4-15,18H,16H2,1-3H3. The first kappa shape index (κ1) is 21.7. The second-order valence-electron chi connectivity index (χ2n) is 8.14. The van der Waals surface area contributed by atoms with Crippen LogP contribution in [0.4, 0.5) is 0 Å². The normalized spacial score (nSPS) is 12.4. The molecule has 0 amide bonds. The molecule has 0 aliphatic heterocycles. The van der Waals surface area contributed by atoms with Gasteiger partial charge in [0.15, 0.2) is 5.16 Å². The van der Waals surface area contributed by atoms with Crippen molar-refractivity contribution in [1.82, 2.24) is 24.3 Å². The van der Waals surface area contributed by atoms with E-state index in [2.05, 4.69) is 81.7 Å². The van der Waals surface area contributed by atoms with Crippen molar-refractivity contribution in [2.45, 2.75) is 37.7 Å². The molecule has 0 saturated carbocycles. The van der Waals surface area contributed by atoms with Crippen LogP contribution in [-0.2, 0) is 6.54 Å². The zero-order chi connectivity index (χ0) is 22.9. The van der Waals surface area contributed by atoms with Gasteiger partial charge in [0.1, 0.15) is 11.6 Å². The van der Waals surface area contributed by atoms with Gasteiger partial charge in [0.25, 0.3) is 0 Å². The van der Waals surface area contributed by atoms with Crippen LogP contribution in [0.2, 0.25) is 5.02 Å². The zero-order valence-corrected chi connectivity index (χ0v) is 20.3. The summed E-state index contributed by atoms with van der Waals surface area (Å²) in [5.41, 5.74) is 5.48. The van der Waals surface area contributed by atoms with Crippen LogP contribution in [-0.4, -0.2) is 24.3 Å². The van der Waals surface area contributed by atoms with Gasteiger partial charge in [-0.25, -0.2) is 4.98 Å². The Morgan fingerprint density at radius 3 is 2.45 bits per heavy atom. The topological polar surface area (TPSA) is 48.5 Å². The number of halogens is 1. The number of thioether (sulfide) groups is 1. The second kappa shape index (κ2) is 9.04. The Balaban J connectivity index is 1.54. The fraction of sp³-hybridized carbons (Fsp3) is 0.192. The van der Waals surface area contributed by atoms with E-state index in [9.17, 15) is 0 Å². The molecule has 5 nitrogen and oxygen atoms in total. The summed E-state index contributed by atoms with van der Waals surface area (Å²) in [4.78, 5) is 4.99. The largest absolute Gasteiger partial charge is 0.323 e. The Labute approximate surface area is 202 Å². The van der Waals surface area contributed by atoms with Crippen molar-refractivity contribution in [3.63, 3.8) is 0 Å². The third-order valence-corrected chi connectivity index (χ3v) is 6.93. The number of fused-ring (bicyclic) bond motifs is 1. The zero-order valence-electron chi connectivity index (χ0n) is 18.7. The lowest BCUT2D eigenvalue weighted by Gasteiger charge is -2.15. The molecule has 0 aliphatic rings. The van der Waals surface area contributed by atoms with Crippen molar-refractivity contribution in [3.05, 3.63) is 101 Å². The van der Waals surface area contributed by atoms with E-state index in [0.717, 1.165) is 40.1 Å². The highest BCUT2D eigenvalue weighted by Crippen LogP contribution is 2.37. The summed E-state index contributed by atoms with van der Waals surface area (Å²) in [6, 6.07) is 24.8. The summed E-state index contributed by atoms with van der Waals surface area (Å²) >= 11 is 7.94. The summed E-state index contributed by atoms with van der Waals surface area (Å²) in [6.07, 6.45) is 0. The van der Waals surface area contributed by atoms with Gasteiger partial charge in [0.2, 0.25) is 0 Å². The quantitative estimate of drug-likeness (QED) is 0.255. The van der Waals surface area contributed by atoms with Gasteiger partial charge in [-0.1, -0.05) is 71.4 Å². The average molecular weight is 474 g/mol. The van der Waals surface area contributed by atoms with Crippen molar-refractivity contribution in [1.29, 1.82) is 0 Å². The van der Waals surface area contributed by atoms with Crippen molar-refractivity contribution in [3.8, 4) is 5.69 Å². The Morgan fingerprint density at radius 2 is 1.70 bits per heavy atom.